The maximum absolute atomic E-state index is 12.7. The number of carbonyl (C=O) groups excluding carboxylic acids is 1. The lowest BCUT2D eigenvalue weighted by Gasteiger charge is -2.57. The molecule has 5 nitrogen and oxygen atoms in total. The Hall–Kier alpha value is -1.27. The molecule has 5 rings (SSSR count). The Balaban J connectivity index is 1.53. The molecule has 1 aromatic rings. The van der Waals surface area contributed by atoms with Gasteiger partial charge in [0.1, 0.15) is 5.03 Å². The average Bonchev–Trinajstić information content (AvgIpc) is 2.52. The fourth-order valence-corrected chi connectivity index (χ4v) is 6.47. The SMILES string of the molecule is CS(=O)c1ncccc1C(=O)N(O)CC12CC3CC(CC(C3)C1)C2. The Morgan fingerprint density at radius 1 is 1.29 bits per heavy atom. The van der Waals surface area contributed by atoms with Crippen LogP contribution < -0.4 is 0 Å². The lowest BCUT2D eigenvalue weighted by atomic mass is 9.49. The highest BCUT2D eigenvalue weighted by atomic mass is 32.2. The summed E-state index contributed by atoms with van der Waals surface area (Å²) in [6.07, 6.45) is 10.4. The third kappa shape index (κ3) is 2.80. The summed E-state index contributed by atoms with van der Waals surface area (Å²) in [6.45, 7) is 0.389. The topological polar surface area (TPSA) is 70.5 Å². The molecule has 1 atom stereocenters. The van der Waals surface area contributed by atoms with E-state index in [-0.39, 0.29) is 16.0 Å². The number of nitrogens with zero attached hydrogens (tertiary/aromatic N) is 2. The predicted octanol–water partition coefficient (Wildman–Crippen LogP) is 2.87. The van der Waals surface area contributed by atoms with Crippen molar-refractivity contribution in [1.29, 1.82) is 0 Å². The molecule has 1 heterocycles. The summed E-state index contributed by atoms with van der Waals surface area (Å²) in [5.41, 5.74) is 0.318. The van der Waals surface area contributed by atoms with Gasteiger partial charge in [-0.3, -0.25) is 14.2 Å². The molecule has 0 spiro atoms. The van der Waals surface area contributed by atoms with E-state index in [1.165, 1.54) is 31.7 Å². The van der Waals surface area contributed by atoms with Gasteiger partial charge in [-0.05, 0) is 73.8 Å². The van der Waals surface area contributed by atoms with Crippen LogP contribution in [0.15, 0.2) is 23.4 Å². The maximum Gasteiger partial charge on any atom is 0.280 e. The molecule has 1 amide bonds. The number of amides is 1. The molecule has 4 aliphatic rings. The highest BCUT2D eigenvalue weighted by molar-refractivity contribution is 7.84. The first-order valence-electron chi connectivity index (χ1n) is 8.75. The van der Waals surface area contributed by atoms with Crippen LogP contribution in [0.25, 0.3) is 0 Å². The second-order valence-corrected chi connectivity index (χ2v) is 9.39. The zero-order valence-corrected chi connectivity index (χ0v) is 14.8. The molecule has 4 aliphatic carbocycles. The van der Waals surface area contributed by atoms with Crippen LogP contribution in [0.5, 0.6) is 0 Å². The van der Waals surface area contributed by atoms with Crippen molar-refractivity contribution in [2.24, 2.45) is 23.2 Å². The molecule has 130 valence electrons. The van der Waals surface area contributed by atoms with Crippen LogP contribution in [0.1, 0.15) is 48.9 Å². The van der Waals surface area contributed by atoms with E-state index in [0.29, 0.717) is 6.54 Å². The Bertz CT molecular complexity index is 655. The zero-order valence-electron chi connectivity index (χ0n) is 14.0. The third-order valence-corrected chi connectivity index (χ3v) is 7.03. The minimum Gasteiger partial charge on any atom is -0.286 e. The van der Waals surface area contributed by atoms with Crippen molar-refractivity contribution in [3.63, 3.8) is 0 Å². The monoisotopic (exact) mass is 348 g/mol. The Morgan fingerprint density at radius 2 is 1.88 bits per heavy atom. The molecule has 0 aromatic carbocycles. The first kappa shape index (κ1) is 16.2. The van der Waals surface area contributed by atoms with Crippen LogP contribution in [-0.4, -0.2) is 38.2 Å². The van der Waals surface area contributed by atoms with Crippen LogP contribution in [0.2, 0.25) is 0 Å². The van der Waals surface area contributed by atoms with E-state index in [0.717, 1.165) is 42.1 Å². The van der Waals surface area contributed by atoms with Gasteiger partial charge in [-0.1, -0.05) is 0 Å². The zero-order chi connectivity index (χ0) is 16.9. The fraction of sp³-hybridized carbons (Fsp3) is 0.667. The molecular weight excluding hydrogens is 324 g/mol. The highest BCUT2D eigenvalue weighted by Gasteiger charge is 2.51. The van der Waals surface area contributed by atoms with E-state index in [9.17, 15) is 14.2 Å². The van der Waals surface area contributed by atoms with Crippen LogP contribution >= 0.6 is 0 Å². The van der Waals surface area contributed by atoms with Crippen molar-refractivity contribution >= 4 is 16.7 Å². The van der Waals surface area contributed by atoms with Crippen molar-refractivity contribution in [3.8, 4) is 0 Å². The molecular formula is C18H24N2O3S. The van der Waals surface area contributed by atoms with Gasteiger partial charge in [-0.25, -0.2) is 10.0 Å². The van der Waals surface area contributed by atoms with Gasteiger partial charge in [-0.15, -0.1) is 0 Å². The highest BCUT2D eigenvalue weighted by Crippen LogP contribution is 2.60. The molecule has 4 saturated carbocycles. The summed E-state index contributed by atoms with van der Waals surface area (Å²) >= 11 is 0. The van der Waals surface area contributed by atoms with Crippen molar-refractivity contribution in [1.82, 2.24) is 10.0 Å². The summed E-state index contributed by atoms with van der Waals surface area (Å²) in [4.78, 5) is 16.7. The molecule has 24 heavy (non-hydrogen) atoms. The first-order valence-corrected chi connectivity index (χ1v) is 10.3. The summed E-state index contributed by atoms with van der Waals surface area (Å²) in [7, 11) is -1.36. The van der Waals surface area contributed by atoms with E-state index < -0.39 is 16.7 Å². The van der Waals surface area contributed by atoms with E-state index in [2.05, 4.69) is 4.98 Å². The largest absolute Gasteiger partial charge is 0.286 e. The molecule has 0 aliphatic heterocycles. The molecule has 4 bridgehead atoms. The van der Waals surface area contributed by atoms with E-state index >= 15 is 0 Å². The van der Waals surface area contributed by atoms with Gasteiger partial charge in [0.2, 0.25) is 0 Å². The van der Waals surface area contributed by atoms with Crippen LogP contribution in [-0.2, 0) is 10.8 Å². The van der Waals surface area contributed by atoms with Gasteiger partial charge >= 0.3 is 0 Å². The summed E-state index contributed by atoms with van der Waals surface area (Å²) in [5.74, 6) is 1.84. The Labute approximate surface area is 144 Å². The normalized spacial score (nSPS) is 35.0. The summed E-state index contributed by atoms with van der Waals surface area (Å²) in [5, 5.41) is 11.6. The minimum absolute atomic E-state index is 0.0763. The van der Waals surface area contributed by atoms with Crippen molar-refractivity contribution in [3.05, 3.63) is 23.9 Å². The van der Waals surface area contributed by atoms with Crippen molar-refractivity contribution in [2.45, 2.75) is 43.6 Å². The van der Waals surface area contributed by atoms with Gasteiger partial charge in [0.25, 0.3) is 5.91 Å². The van der Waals surface area contributed by atoms with E-state index in [1.807, 2.05) is 0 Å². The van der Waals surface area contributed by atoms with Crippen LogP contribution in [0, 0.1) is 23.2 Å². The number of carbonyl (C=O) groups is 1. The van der Waals surface area contributed by atoms with Crippen LogP contribution in [0.3, 0.4) is 0 Å². The van der Waals surface area contributed by atoms with Crippen LogP contribution in [0.4, 0.5) is 0 Å². The van der Waals surface area contributed by atoms with E-state index in [1.54, 1.807) is 12.1 Å². The average molecular weight is 348 g/mol. The summed E-state index contributed by atoms with van der Waals surface area (Å²) < 4.78 is 11.8. The lowest BCUT2D eigenvalue weighted by Crippen LogP contribution is -2.51. The van der Waals surface area contributed by atoms with Gasteiger partial charge in [0.15, 0.2) is 0 Å². The standard InChI is InChI=1S/C18H24N2O3S/c1-24(23)16-15(3-2-4-19-16)17(21)20(22)11-18-8-12-5-13(9-18)7-14(6-12)10-18/h2-4,12-14,22H,5-11H2,1H3. The van der Waals surface area contributed by atoms with Gasteiger partial charge in [0, 0.05) is 12.5 Å². The Morgan fingerprint density at radius 3 is 2.42 bits per heavy atom. The number of hydroxylamine groups is 2. The molecule has 6 heteroatoms. The Kier molecular flexibility index (Phi) is 4.00. The van der Waals surface area contributed by atoms with Gasteiger partial charge in [-0.2, -0.15) is 0 Å². The van der Waals surface area contributed by atoms with Gasteiger partial charge < -0.3 is 0 Å². The minimum atomic E-state index is -1.36. The fourth-order valence-electron chi connectivity index (χ4n) is 5.79. The van der Waals surface area contributed by atoms with Crippen molar-refractivity contribution < 1.29 is 14.2 Å². The van der Waals surface area contributed by atoms with E-state index in [4.69, 9.17) is 0 Å². The smallest absolute Gasteiger partial charge is 0.280 e. The molecule has 4 fully saturated rings. The number of pyridine rings is 1. The number of aromatic nitrogens is 1. The predicted molar refractivity (Wildman–Crippen MR) is 90.0 cm³/mol. The van der Waals surface area contributed by atoms with Crippen molar-refractivity contribution in [2.75, 3.05) is 12.8 Å². The molecule has 1 aromatic heterocycles. The molecule has 1 N–H and O–H groups in total. The first-order chi connectivity index (χ1) is 11.5. The summed E-state index contributed by atoms with van der Waals surface area (Å²) in [6, 6.07) is 3.23. The number of rotatable bonds is 4. The molecule has 0 saturated heterocycles. The molecule has 0 radical (unpaired) electrons. The number of hydrogen-bond acceptors (Lipinski definition) is 4. The second kappa shape index (κ2) is 5.92. The number of hydrogen-bond donors (Lipinski definition) is 1. The third-order valence-electron chi connectivity index (χ3n) is 6.16. The maximum atomic E-state index is 12.7. The lowest BCUT2D eigenvalue weighted by molar-refractivity contribution is -0.130. The van der Waals surface area contributed by atoms with Gasteiger partial charge in [0.05, 0.1) is 22.9 Å². The molecule has 1 unspecified atom stereocenters. The second-order valence-electron chi connectivity index (χ2n) is 8.09. The quantitative estimate of drug-likeness (QED) is 0.671.